The van der Waals surface area contributed by atoms with Gasteiger partial charge in [-0.25, -0.2) is 0 Å². The fourth-order valence-corrected chi connectivity index (χ4v) is 7.13. The summed E-state index contributed by atoms with van der Waals surface area (Å²) in [7, 11) is 0. The smallest absolute Gasteiger partial charge is 0.252 e. The third kappa shape index (κ3) is 2.41. The topological polar surface area (TPSA) is 80.4 Å². The molecule has 4 aliphatic rings. The number of carbonyl (C=O) groups excluding carboxylic acids is 2. The molecule has 4 heteroatoms. The summed E-state index contributed by atoms with van der Waals surface area (Å²) in [6.07, 6.45) is 7.90. The minimum absolute atomic E-state index is 0.0480. The van der Waals surface area contributed by atoms with Crippen LogP contribution < -0.4 is 5.73 Å². The molecule has 3 N–H and O–H groups in total. The molecule has 0 aliphatic heterocycles. The zero-order valence-corrected chi connectivity index (χ0v) is 16.0. The van der Waals surface area contributed by atoms with Crippen molar-refractivity contribution >= 4 is 11.7 Å². The normalized spacial score (nSPS) is 35.9. The Balaban J connectivity index is 1.65. The fraction of sp³-hybridized carbons (Fsp3) is 0.652. The molecule has 27 heavy (non-hydrogen) atoms. The number of aromatic hydroxyl groups is 1. The van der Waals surface area contributed by atoms with Gasteiger partial charge >= 0.3 is 0 Å². The van der Waals surface area contributed by atoms with Gasteiger partial charge in [0.1, 0.15) is 11.5 Å². The van der Waals surface area contributed by atoms with Crippen molar-refractivity contribution in [3.63, 3.8) is 0 Å². The van der Waals surface area contributed by atoms with Gasteiger partial charge in [-0.15, -0.1) is 0 Å². The molecule has 0 aromatic heterocycles. The molecule has 0 spiro atoms. The van der Waals surface area contributed by atoms with Gasteiger partial charge in [0.05, 0.1) is 5.56 Å². The fourth-order valence-electron chi connectivity index (χ4n) is 7.13. The summed E-state index contributed by atoms with van der Waals surface area (Å²) in [5.74, 6) is 3.15. The first-order valence-electron chi connectivity index (χ1n) is 10.6. The Morgan fingerprint density at radius 3 is 2.74 bits per heavy atom. The Labute approximate surface area is 160 Å². The lowest BCUT2D eigenvalue weighted by atomic mass is 9.45. The van der Waals surface area contributed by atoms with Crippen LogP contribution in [0.2, 0.25) is 0 Å². The molecule has 2 bridgehead atoms. The molecule has 5 rings (SSSR count). The van der Waals surface area contributed by atoms with Gasteiger partial charge in [0.15, 0.2) is 0 Å². The van der Waals surface area contributed by atoms with Gasteiger partial charge in [-0.2, -0.15) is 0 Å². The third-order valence-corrected chi connectivity index (χ3v) is 8.47. The molecule has 4 nitrogen and oxygen atoms in total. The molecule has 1 amide bonds. The van der Waals surface area contributed by atoms with Crippen molar-refractivity contribution in [1.29, 1.82) is 0 Å². The highest BCUT2D eigenvalue weighted by atomic mass is 16.3. The molecule has 1 aromatic rings. The maximum absolute atomic E-state index is 12.5. The lowest BCUT2D eigenvalue weighted by Gasteiger charge is -2.58. The summed E-state index contributed by atoms with van der Waals surface area (Å²) in [5.41, 5.74) is 7.44. The van der Waals surface area contributed by atoms with Crippen LogP contribution in [0.4, 0.5) is 0 Å². The van der Waals surface area contributed by atoms with Crippen molar-refractivity contribution in [2.45, 2.75) is 63.7 Å². The number of hydrogen-bond donors (Lipinski definition) is 2. The molecule has 3 fully saturated rings. The summed E-state index contributed by atoms with van der Waals surface area (Å²) >= 11 is 0. The number of benzene rings is 1. The van der Waals surface area contributed by atoms with Crippen LogP contribution in [0.25, 0.3) is 0 Å². The maximum atomic E-state index is 12.5. The molecular weight excluding hydrogens is 338 g/mol. The quantitative estimate of drug-likeness (QED) is 0.854. The number of hydrogen-bond acceptors (Lipinski definition) is 3. The van der Waals surface area contributed by atoms with E-state index in [1.807, 2.05) is 6.07 Å². The van der Waals surface area contributed by atoms with Crippen LogP contribution in [0, 0.1) is 29.6 Å². The van der Waals surface area contributed by atoms with Crippen molar-refractivity contribution < 1.29 is 14.7 Å². The zero-order valence-electron chi connectivity index (χ0n) is 16.0. The molecule has 5 atom stereocenters. The van der Waals surface area contributed by atoms with Crippen LogP contribution in [0.5, 0.6) is 5.75 Å². The predicted molar refractivity (Wildman–Crippen MR) is 102 cm³/mol. The van der Waals surface area contributed by atoms with Gasteiger partial charge in [0.25, 0.3) is 5.91 Å². The Bertz CT molecular complexity index is 827. The van der Waals surface area contributed by atoms with Crippen molar-refractivity contribution in [2.24, 2.45) is 35.3 Å². The Kier molecular flexibility index (Phi) is 3.73. The van der Waals surface area contributed by atoms with Gasteiger partial charge < -0.3 is 10.8 Å². The average molecular weight is 367 g/mol. The molecule has 0 heterocycles. The number of ketones is 1. The van der Waals surface area contributed by atoms with Crippen LogP contribution in [-0.4, -0.2) is 16.8 Å². The second-order valence-electron chi connectivity index (χ2n) is 9.64. The number of primary amides is 1. The highest BCUT2D eigenvalue weighted by Crippen LogP contribution is 2.63. The van der Waals surface area contributed by atoms with Crippen LogP contribution in [0.3, 0.4) is 0 Å². The van der Waals surface area contributed by atoms with E-state index < -0.39 is 5.91 Å². The van der Waals surface area contributed by atoms with Crippen LogP contribution in [0.15, 0.2) is 12.1 Å². The van der Waals surface area contributed by atoms with E-state index in [0.717, 1.165) is 54.6 Å². The van der Waals surface area contributed by atoms with E-state index in [1.54, 1.807) is 6.07 Å². The second kappa shape index (κ2) is 5.83. The average Bonchev–Trinajstić information content (AvgIpc) is 3.45. The molecular formula is C23H29NO3. The van der Waals surface area contributed by atoms with E-state index >= 15 is 0 Å². The van der Waals surface area contributed by atoms with E-state index in [-0.39, 0.29) is 16.7 Å². The summed E-state index contributed by atoms with van der Waals surface area (Å²) in [5, 5.41) is 11.0. The summed E-state index contributed by atoms with van der Waals surface area (Å²) in [6, 6.07) is 3.66. The molecule has 0 radical (unpaired) electrons. The van der Waals surface area contributed by atoms with Gasteiger partial charge in [0, 0.05) is 23.8 Å². The summed E-state index contributed by atoms with van der Waals surface area (Å²) in [4.78, 5) is 24.3. The van der Waals surface area contributed by atoms with Crippen molar-refractivity contribution in [1.82, 2.24) is 0 Å². The first-order valence-corrected chi connectivity index (χ1v) is 10.6. The van der Waals surface area contributed by atoms with Gasteiger partial charge in [-0.1, -0.05) is 13.0 Å². The number of Topliss-reactive ketones (excluding diaryl/α,β-unsaturated/α-hetero) is 1. The first kappa shape index (κ1) is 17.3. The van der Waals surface area contributed by atoms with Crippen LogP contribution >= 0.6 is 0 Å². The number of amides is 1. The lowest BCUT2D eigenvalue weighted by molar-refractivity contribution is -0.127. The zero-order chi connectivity index (χ0) is 18.9. The maximum Gasteiger partial charge on any atom is 0.252 e. The van der Waals surface area contributed by atoms with E-state index in [1.165, 1.54) is 12.8 Å². The van der Waals surface area contributed by atoms with Gasteiger partial charge in [-0.3, -0.25) is 9.59 Å². The van der Waals surface area contributed by atoms with E-state index in [4.69, 9.17) is 5.73 Å². The predicted octanol–water partition coefficient (Wildman–Crippen LogP) is 3.73. The number of rotatable bonds is 3. The lowest BCUT2D eigenvalue weighted by Crippen LogP contribution is -2.55. The standard InChI is InChI=1S/C23H29NO3/c1-12(13-2-3-13)16-8-9-23-11-15(25)5-7-19(23)18(16)10-14-4-6-17(22(24)27)21(26)20(14)23/h4,6,12-13,16,18-19,26H,2-3,5,7-11H2,1H3,(H2,24,27)/t12-,16?,18-,19?,23-/m0/s1. The molecule has 2 unspecified atom stereocenters. The van der Waals surface area contributed by atoms with Crippen LogP contribution in [0.1, 0.15) is 73.4 Å². The van der Waals surface area contributed by atoms with Crippen molar-refractivity contribution in [3.8, 4) is 5.75 Å². The largest absolute Gasteiger partial charge is 0.507 e. The number of nitrogens with two attached hydrogens (primary N) is 1. The number of fused-ring (bicyclic) bond motifs is 1. The number of phenols is 1. The molecule has 4 aliphatic carbocycles. The van der Waals surface area contributed by atoms with E-state index in [2.05, 4.69) is 6.92 Å². The number of carbonyl (C=O) groups is 2. The summed E-state index contributed by atoms with van der Waals surface area (Å²) in [6.45, 7) is 2.44. The first-order chi connectivity index (χ1) is 12.9. The molecule has 3 saturated carbocycles. The van der Waals surface area contributed by atoms with E-state index in [9.17, 15) is 14.7 Å². The van der Waals surface area contributed by atoms with Gasteiger partial charge in [0.2, 0.25) is 0 Å². The minimum Gasteiger partial charge on any atom is -0.507 e. The molecule has 1 aromatic carbocycles. The highest BCUT2D eigenvalue weighted by molar-refractivity contribution is 5.96. The molecule has 144 valence electrons. The van der Waals surface area contributed by atoms with Crippen molar-refractivity contribution in [3.05, 3.63) is 28.8 Å². The Morgan fingerprint density at radius 1 is 1.26 bits per heavy atom. The monoisotopic (exact) mass is 367 g/mol. The van der Waals surface area contributed by atoms with Crippen LogP contribution in [-0.2, 0) is 16.6 Å². The Hall–Kier alpha value is -1.84. The summed E-state index contributed by atoms with van der Waals surface area (Å²) < 4.78 is 0. The molecule has 0 saturated heterocycles. The third-order valence-electron chi connectivity index (χ3n) is 8.47. The second-order valence-corrected chi connectivity index (χ2v) is 9.64. The Morgan fingerprint density at radius 2 is 2.04 bits per heavy atom. The van der Waals surface area contributed by atoms with E-state index in [0.29, 0.717) is 30.5 Å². The van der Waals surface area contributed by atoms with Crippen molar-refractivity contribution in [2.75, 3.05) is 0 Å². The van der Waals surface area contributed by atoms with Gasteiger partial charge in [-0.05, 0) is 79.7 Å². The SMILES string of the molecule is C[C@@H](C1CC1)C1CC[C@]23CC(=O)CCC2[C@H]1Cc1ccc(C(N)=O)c(O)c13. The minimum atomic E-state index is -0.594. The highest BCUT2D eigenvalue weighted by Gasteiger charge is 2.58.